The van der Waals surface area contributed by atoms with Crippen LogP contribution in [0.4, 0.5) is 0 Å². The Kier molecular flexibility index (Phi) is 2.38. The van der Waals surface area contributed by atoms with Crippen molar-refractivity contribution in [1.29, 1.82) is 0 Å². The predicted molar refractivity (Wildman–Crippen MR) is 94.6 cm³/mol. The van der Waals surface area contributed by atoms with Crippen molar-refractivity contribution in [2.45, 2.75) is 71.0 Å². The maximum absolute atomic E-state index is 13.4. The summed E-state index contributed by atoms with van der Waals surface area (Å²) in [5, 5.41) is 0. The summed E-state index contributed by atoms with van der Waals surface area (Å²) in [7, 11) is 0. The van der Waals surface area contributed by atoms with Gasteiger partial charge in [-0.15, -0.1) is 0 Å². The van der Waals surface area contributed by atoms with Crippen molar-refractivity contribution in [3.05, 3.63) is 33.1 Å². The number of allylic oxidation sites excluding steroid dienone is 2. The molecule has 0 unspecified atom stereocenters. The van der Waals surface area contributed by atoms with Gasteiger partial charge in [-0.1, -0.05) is 32.9 Å². The van der Waals surface area contributed by atoms with Crippen LogP contribution in [0.2, 0.25) is 0 Å². The van der Waals surface area contributed by atoms with Crippen molar-refractivity contribution in [1.82, 2.24) is 13.9 Å². The average Bonchev–Trinajstić information content (AvgIpc) is 3.00. The lowest BCUT2D eigenvalue weighted by molar-refractivity contribution is 0.0154. The van der Waals surface area contributed by atoms with Crippen molar-refractivity contribution in [3.8, 4) is 0 Å². The Hall–Kier alpha value is -1.52. The number of rotatable bonds is 1. The topological polar surface area (TPSA) is 48.9 Å². The Balaban J connectivity index is 1.56. The Morgan fingerprint density at radius 3 is 1.88 bits per heavy atom. The minimum atomic E-state index is -0.0516. The summed E-state index contributed by atoms with van der Waals surface area (Å²) in [6.07, 6.45) is 10.1. The van der Waals surface area contributed by atoms with Crippen LogP contribution in [0, 0.1) is 28.6 Å². The molecule has 0 N–H and O–H groups in total. The second kappa shape index (κ2) is 4.07. The highest BCUT2D eigenvalue weighted by Crippen LogP contribution is 2.69. The molecule has 1 aromatic heterocycles. The van der Waals surface area contributed by atoms with E-state index < -0.39 is 0 Å². The normalized spacial score (nSPS) is 47.6. The molecule has 3 fully saturated rings. The molecule has 3 heterocycles. The molecule has 4 aliphatic carbocycles. The van der Waals surface area contributed by atoms with Gasteiger partial charge in [0.25, 0.3) is 0 Å². The van der Waals surface area contributed by atoms with Crippen LogP contribution in [0.5, 0.6) is 0 Å². The standard InChI is InChI=1S/C20H27N3O2/c1-19(2)11-8-9-20(19,3)16(10-11)21-17(24)22-14-6-7-15(23(22)18(21)25)13-5-4-12(13)14/h6-7,11-16H,4-5,8-10H2,1-3H3/t11-,12+,13+,14-,15-,16-,20+/m1/s1. The van der Waals surface area contributed by atoms with E-state index in [0.717, 1.165) is 12.8 Å². The van der Waals surface area contributed by atoms with Crippen LogP contribution in [0.15, 0.2) is 21.7 Å². The zero-order valence-corrected chi connectivity index (χ0v) is 15.3. The third kappa shape index (κ3) is 1.35. The monoisotopic (exact) mass is 341 g/mol. The first-order chi connectivity index (χ1) is 11.9. The summed E-state index contributed by atoms with van der Waals surface area (Å²) >= 11 is 0. The van der Waals surface area contributed by atoms with Crippen molar-refractivity contribution in [2.24, 2.45) is 28.6 Å². The van der Waals surface area contributed by atoms with Gasteiger partial charge >= 0.3 is 11.4 Å². The van der Waals surface area contributed by atoms with E-state index in [1.807, 2.05) is 9.36 Å². The largest absolute Gasteiger partial charge is 0.348 e. The second-order valence-electron chi connectivity index (χ2n) is 10.0. The van der Waals surface area contributed by atoms with Crippen LogP contribution in [0.3, 0.4) is 0 Å². The highest BCUT2D eigenvalue weighted by Gasteiger charge is 2.63. The fraction of sp³-hybridized carbons (Fsp3) is 0.800. The molecule has 4 bridgehead atoms. The Labute approximate surface area is 147 Å². The second-order valence-corrected chi connectivity index (χ2v) is 10.0. The highest BCUT2D eigenvalue weighted by atomic mass is 16.2. The van der Waals surface area contributed by atoms with Crippen LogP contribution >= 0.6 is 0 Å². The molecule has 5 heteroatoms. The van der Waals surface area contributed by atoms with Crippen LogP contribution in [0.25, 0.3) is 0 Å². The lowest BCUT2D eigenvalue weighted by atomic mass is 9.62. The third-order valence-electron chi connectivity index (χ3n) is 9.43. The molecule has 6 aliphatic rings. The highest BCUT2D eigenvalue weighted by molar-refractivity contribution is 5.19. The Morgan fingerprint density at radius 1 is 0.920 bits per heavy atom. The summed E-state index contributed by atoms with van der Waals surface area (Å²) in [6, 6.07) is 0.262. The quantitative estimate of drug-likeness (QED) is 0.738. The van der Waals surface area contributed by atoms with Crippen molar-refractivity contribution in [2.75, 3.05) is 0 Å². The first kappa shape index (κ1) is 14.6. The summed E-state index contributed by atoms with van der Waals surface area (Å²) < 4.78 is 5.30. The minimum absolute atomic E-state index is 0.0458. The van der Waals surface area contributed by atoms with Crippen LogP contribution in [0.1, 0.15) is 71.0 Å². The van der Waals surface area contributed by atoms with Crippen molar-refractivity contribution < 1.29 is 0 Å². The first-order valence-electron chi connectivity index (χ1n) is 10.00. The molecule has 3 saturated carbocycles. The Morgan fingerprint density at radius 2 is 1.48 bits per heavy atom. The van der Waals surface area contributed by atoms with Gasteiger partial charge in [-0.05, 0) is 60.7 Å². The Bertz CT molecular complexity index is 880. The van der Waals surface area contributed by atoms with Crippen molar-refractivity contribution in [3.63, 3.8) is 0 Å². The molecule has 0 radical (unpaired) electrons. The molecular weight excluding hydrogens is 314 g/mol. The van der Waals surface area contributed by atoms with E-state index in [0.29, 0.717) is 17.8 Å². The van der Waals surface area contributed by atoms with Crippen LogP contribution in [-0.2, 0) is 0 Å². The van der Waals surface area contributed by atoms with E-state index in [1.165, 1.54) is 19.3 Å². The van der Waals surface area contributed by atoms with E-state index in [9.17, 15) is 9.59 Å². The number of hydrogen-bond donors (Lipinski definition) is 0. The molecular formula is C20H27N3O2. The average molecular weight is 341 g/mol. The number of hydrogen-bond acceptors (Lipinski definition) is 2. The SMILES string of the molecule is CC1(C)[C@@H]2CC[C@@]1(C)[C@H](n1c(=O)n3n(c1=O)[C@@H]1C=C[C@@H]3[C@H]3CC[C@@H]31)C2. The fourth-order valence-electron chi connectivity index (χ4n) is 7.29. The maximum atomic E-state index is 13.4. The van der Waals surface area contributed by atoms with E-state index in [2.05, 4.69) is 32.9 Å². The van der Waals surface area contributed by atoms with Crippen LogP contribution in [-0.4, -0.2) is 13.9 Å². The molecule has 25 heavy (non-hydrogen) atoms. The van der Waals surface area contributed by atoms with Gasteiger partial charge in [-0.25, -0.2) is 23.5 Å². The maximum Gasteiger partial charge on any atom is 0.348 e. The zero-order chi connectivity index (χ0) is 17.3. The number of fused-ring (bicyclic) bond motifs is 2. The molecule has 0 saturated heterocycles. The molecule has 1 aromatic rings. The number of aromatic nitrogens is 3. The smallest absolute Gasteiger partial charge is 0.246 e. The lowest BCUT2D eigenvalue weighted by Gasteiger charge is -2.52. The third-order valence-corrected chi connectivity index (χ3v) is 9.43. The summed E-state index contributed by atoms with van der Waals surface area (Å²) in [6.45, 7) is 7.00. The van der Waals surface area contributed by atoms with Gasteiger partial charge in [0, 0.05) is 6.04 Å². The lowest BCUT2D eigenvalue weighted by Crippen LogP contribution is -2.52. The fourth-order valence-corrected chi connectivity index (χ4v) is 7.29. The van der Waals surface area contributed by atoms with Gasteiger partial charge < -0.3 is 0 Å². The van der Waals surface area contributed by atoms with Gasteiger partial charge in [0.15, 0.2) is 0 Å². The van der Waals surface area contributed by atoms with Gasteiger partial charge in [0.1, 0.15) is 0 Å². The van der Waals surface area contributed by atoms with E-state index >= 15 is 0 Å². The minimum Gasteiger partial charge on any atom is -0.246 e. The molecule has 0 spiro atoms. The molecule has 7 atom stereocenters. The number of nitrogens with zero attached hydrogens (tertiary/aromatic N) is 3. The molecule has 5 nitrogen and oxygen atoms in total. The molecule has 134 valence electrons. The molecule has 7 rings (SSSR count). The van der Waals surface area contributed by atoms with E-state index in [1.54, 1.807) is 4.57 Å². The zero-order valence-electron chi connectivity index (χ0n) is 15.3. The molecule has 0 amide bonds. The predicted octanol–water partition coefficient (Wildman–Crippen LogP) is 2.89. The molecule has 2 aliphatic heterocycles. The molecule has 0 aromatic carbocycles. The van der Waals surface area contributed by atoms with E-state index in [-0.39, 0.29) is 40.3 Å². The van der Waals surface area contributed by atoms with Crippen molar-refractivity contribution >= 4 is 0 Å². The summed E-state index contributed by atoms with van der Waals surface area (Å²) in [5.41, 5.74) is 0.144. The van der Waals surface area contributed by atoms with E-state index in [4.69, 9.17) is 0 Å². The first-order valence-corrected chi connectivity index (χ1v) is 10.00. The summed E-state index contributed by atoms with van der Waals surface area (Å²) in [4.78, 5) is 26.8. The van der Waals surface area contributed by atoms with Crippen LogP contribution < -0.4 is 11.4 Å². The summed E-state index contributed by atoms with van der Waals surface area (Å²) in [5.74, 6) is 1.76. The van der Waals surface area contributed by atoms with Gasteiger partial charge in [0.2, 0.25) is 0 Å². The van der Waals surface area contributed by atoms with Gasteiger partial charge in [0.05, 0.1) is 12.1 Å². The van der Waals surface area contributed by atoms with Gasteiger partial charge in [-0.3, -0.25) is 0 Å². The van der Waals surface area contributed by atoms with Gasteiger partial charge in [-0.2, -0.15) is 0 Å².